The predicted molar refractivity (Wildman–Crippen MR) is 56.4 cm³/mol. The highest BCUT2D eigenvalue weighted by molar-refractivity contribution is 9.10. The van der Waals surface area contributed by atoms with Crippen LogP contribution in [0, 0.1) is 18.6 Å². The van der Waals surface area contributed by atoms with Gasteiger partial charge in [-0.05, 0) is 35.0 Å². The van der Waals surface area contributed by atoms with Crippen molar-refractivity contribution in [3.8, 4) is 11.4 Å². The minimum Gasteiger partial charge on any atom is -0.342 e. The van der Waals surface area contributed by atoms with Crippen LogP contribution in [0.25, 0.3) is 11.4 Å². The number of aromatic nitrogens is 2. The molecule has 0 amide bonds. The third kappa shape index (κ3) is 1.92. The van der Waals surface area contributed by atoms with E-state index >= 15 is 0 Å². The Balaban J connectivity index is 2.58. The molecule has 1 heterocycles. The summed E-state index contributed by atoms with van der Waals surface area (Å²) in [5.74, 6) is -0.700. The molecule has 2 nitrogen and oxygen atoms in total. The Morgan fingerprint density at radius 1 is 1.27 bits per heavy atom. The lowest BCUT2D eigenvalue weighted by Gasteiger charge is -2.01. The lowest BCUT2D eigenvalue weighted by atomic mass is 10.2. The molecule has 0 aliphatic carbocycles. The second kappa shape index (κ2) is 3.73. The molecule has 0 fully saturated rings. The maximum Gasteiger partial charge on any atom is 0.140 e. The molecule has 1 aromatic carbocycles. The van der Waals surface area contributed by atoms with Crippen molar-refractivity contribution in [2.75, 3.05) is 0 Å². The first-order valence-corrected chi connectivity index (χ1v) is 5.04. The van der Waals surface area contributed by atoms with Crippen molar-refractivity contribution in [1.82, 2.24) is 9.97 Å². The number of hydrogen-bond acceptors (Lipinski definition) is 1. The summed E-state index contributed by atoms with van der Waals surface area (Å²) in [6, 6.07) is 2.19. The normalized spacial score (nSPS) is 10.7. The number of aryl methyl sites for hydroxylation is 1. The quantitative estimate of drug-likeness (QED) is 0.792. The minimum atomic E-state index is -0.516. The first kappa shape index (κ1) is 10.3. The lowest BCUT2D eigenvalue weighted by molar-refractivity contribution is 0.596. The van der Waals surface area contributed by atoms with Gasteiger partial charge < -0.3 is 4.98 Å². The van der Waals surface area contributed by atoms with Crippen LogP contribution in [0.3, 0.4) is 0 Å². The number of H-pyrrole nitrogens is 1. The molecular formula is C10H7BrF2N2. The highest BCUT2D eigenvalue weighted by Gasteiger charge is 2.12. The van der Waals surface area contributed by atoms with E-state index in [0.717, 1.165) is 17.8 Å². The first-order valence-electron chi connectivity index (χ1n) is 4.24. The van der Waals surface area contributed by atoms with Crippen molar-refractivity contribution in [3.05, 3.63) is 40.1 Å². The van der Waals surface area contributed by atoms with Gasteiger partial charge in [-0.2, -0.15) is 0 Å². The summed E-state index contributed by atoms with van der Waals surface area (Å²) < 4.78 is 26.8. The first-order chi connectivity index (χ1) is 7.08. The van der Waals surface area contributed by atoms with Gasteiger partial charge in [0.15, 0.2) is 0 Å². The van der Waals surface area contributed by atoms with E-state index in [9.17, 15) is 8.78 Å². The van der Waals surface area contributed by atoms with E-state index in [1.807, 2.05) is 0 Å². The van der Waals surface area contributed by atoms with Crippen molar-refractivity contribution < 1.29 is 8.78 Å². The number of nitrogens with one attached hydrogen (secondary N) is 1. The molecule has 5 heteroatoms. The molecule has 0 atom stereocenters. The Morgan fingerprint density at radius 2 is 2.00 bits per heavy atom. The van der Waals surface area contributed by atoms with E-state index in [1.54, 1.807) is 13.1 Å². The van der Waals surface area contributed by atoms with Crippen LogP contribution in [-0.2, 0) is 0 Å². The zero-order valence-corrected chi connectivity index (χ0v) is 9.40. The average molecular weight is 273 g/mol. The molecule has 0 aliphatic rings. The van der Waals surface area contributed by atoms with Gasteiger partial charge in [0.05, 0.1) is 10.0 Å². The van der Waals surface area contributed by atoms with Crippen LogP contribution in [0.1, 0.15) is 5.69 Å². The molecule has 2 aromatic rings. The van der Waals surface area contributed by atoms with E-state index in [4.69, 9.17) is 0 Å². The molecule has 0 spiro atoms. The topological polar surface area (TPSA) is 28.7 Å². The second-order valence-corrected chi connectivity index (χ2v) is 4.02. The summed E-state index contributed by atoms with van der Waals surface area (Å²) in [5, 5.41) is 0. The Labute approximate surface area is 93.5 Å². The van der Waals surface area contributed by atoms with Gasteiger partial charge in [0, 0.05) is 11.9 Å². The second-order valence-electron chi connectivity index (χ2n) is 3.16. The number of aromatic amines is 1. The summed E-state index contributed by atoms with van der Waals surface area (Å²) in [6.45, 7) is 1.80. The standard InChI is InChI=1S/C10H7BrF2N2/c1-5-4-14-10(15-5)6-2-9(13)7(11)3-8(6)12/h2-4H,1H3,(H,14,15). The third-order valence-corrected chi connectivity index (χ3v) is 2.58. The van der Waals surface area contributed by atoms with Crippen molar-refractivity contribution in [1.29, 1.82) is 0 Å². The number of halogens is 3. The number of hydrogen-bond donors (Lipinski definition) is 1. The van der Waals surface area contributed by atoms with Gasteiger partial charge in [-0.3, -0.25) is 0 Å². The van der Waals surface area contributed by atoms with E-state index in [1.165, 1.54) is 0 Å². The molecule has 0 radical (unpaired) electrons. The highest BCUT2D eigenvalue weighted by Crippen LogP contribution is 2.25. The van der Waals surface area contributed by atoms with Gasteiger partial charge in [0.25, 0.3) is 0 Å². The summed E-state index contributed by atoms with van der Waals surface area (Å²) in [5.41, 5.74) is 0.927. The molecule has 2 rings (SSSR count). The van der Waals surface area contributed by atoms with Crippen molar-refractivity contribution in [2.45, 2.75) is 6.92 Å². The predicted octanol–water partition coefficient (Wildman–Crippen LogP) is 3.43. The van der Waals surface area contributed by atoms with Gasteiger partial charge in [0.1, 0.15) is 17.5 Å². The number of imidazole rings is 1. The molecule has 0 aliphatic heterocycles. The van der Waals surface area contributed by atoms with Gasteiger partial charge >= 0.3 is 0 Å². The summed E-state index contributed by atoms with van der Waals surface area (Å²) in [7, 11) is 0. The maximum atomic E-state index is 13.5. The van der Waals surface area contributed by atoms with Crippen molar-refractivity contribution in [3.63, 3.8) is 0 Å². The molecule has 15 heavy (non-hydrogen) atoms. The fourth-order valence-corrected chi connectivity index (χ4v) is 1.57. The number of benzene rings is 1. The SMILES string of the molecule is Cc1cnc(-c2cc(F)c(Br)cc2F)[nH]1. The van der Waals surface area contributed by atoms with Crippen LogP contribution in [-0.4, -0.2) is 9.97 Å². The Hall–Kier alpha value is -1.23. The van der Waals surface area contributed by atoms with Crippen LogP contribution in [0.4, 0.5) is 8.78 Å². The van der Waals surface area contributed by atoms with E-state index in [2.05, 4.69) is 25.9 Å². The zero-order valence-electron chi connectivity index (χ0n) is 7.81. The Kier molecular flexibility index (Phi) is 2.56. The van der Waals surface area contributed by atoms with Gasteiger partial charge in [-0.25, -0.2) is 13.8 Å². The van der Waals surface area contributed by atoms with Crippen LogP contribution in [0.5, 0.6) is 0 Å². The number of rotatable bonds is 1. The number of nitrogens with zero attached hydrogens (tertiary/aromatic N) is 1. The van der Waals surface area contributed by atoms with Gasteiger partial charge in [-0.1, -0.05) is 0 Å². The Morgan fingerprint density at radius 3 is 2.60 bits per heavy atom. The fraction of sp³-hybridized carbons (Fsp3) is 0.100. The molecule has 0 bridgehead atoms. The third-order valence-electron chi connectivity index (χ3n) is 1.97. The molecule has 78 valence electrons. The smallest absolute Gasteiger partial charge is 0.140 e. The highest BCUT2D eigenvalue weighted by atomic mass is 79.9. The van der Waals surface area contributed by atoms with Crippen LogP contribution < -0.4 is 0 Å². The zero-order chi connectivity index (χ0) is 11.0. The fourth-order valence-electron chi connectivity index (χ4n) is 1.25. The molecule has 0 saturated heterocycles. The summed E-state index contributed by atoms with van der Waals surface area (Å²) in [4.78, 5) is 6.79. The van der Waals surface area contributed by atoms with Gasteiger partial charge in [-0.15, -0.1) is 0 Å². The monoisotopic (exact) mass is 272 g/mol. The van der Waals surface area contributed by atoms with E-state index in [-0.39, 0.29) is 10.0 Å². The lowest BCUT2D eigenvalue weighted by Crippen LogP contribution is -1.90. The molecular weight excluding hydrogens is 266 g/mol. The molecule has 1 aromatic heterocycles. The van der Waals surface area contributed by atoms with E-state index in [0.29, 0.717) is 5.82 Å². The van der Waals surface area contributed by atoms with Crippen LogP contribution in [0.2, 0.25) is 0 Å². The Bertz CT molecular complexity index is 508. The van der Waals surface area contributed by atoms with Crippen molar-refractivity contribution >= 4 is 15.9 Å². The minimum absolute atomic E-state index is 0.104. The van der Waals surface area contributed by atoms with Crippen LogP contribution >= 0.6 is 15.9 Å². The average Bonchev–Trinajstić information content (AvgIpc) is 2.58. The van der Waals surface area contributed by atoms with Crippen LogP contribution in [0.15, 0.2) is 22.8 Å². The maximum absolute atomic E-state index is 13.5. The largest absolute Gasteiger partial charge is 0.342 e. The molecule has 1 N–H and O–H groups in total. The summed E-state index contributed by atoms with van der Waals surface area (Å²) >= 11 is 2.91. The summed E-state index contributed by atoms with van der Waals surface area (Å²) in [6.07, 6.45) is 1.56. The van der Waals surface area contributed by atoms with E-state index < -0.39 is 11.6 Å². The molecule has 0 saturated carbocycles. The van der Waals surface area contributed by atoms with Crippen molar-refractivity contribution in [2.24, 2.45) is 0 Å². The van der Waals surface area contributed by atoms with Gasteiger partial charge in [0.2, 0.25) is 0 Å². The molecule has 0 unspecified atom stereocenters.